The molecule has 3 aromatic rings. The highest BCUT2D eigenvalue weighted by atomic mass is 32.1. The largest absolute Gasteiger partial charge is 0.334 e. The first-order chi connectivity index (χ1) is 15.0. The van der Waals surface area contributed by atoms with Crippen molar-refractivity contribution in [1.82, 2.24) is 55.5 Å². The van der Waals surface area contributed by atoms with Gasteiger partial charge < -0.3 is 21.5 Å². The van der Waals surface area contributed by atoms with Gasteiger partial charge in [0.25, 0.3) is 17.8 Å². The lowest BCUT2D eigenvalue weighted by molar-refractivity contribution is -0.0979. The third-order valence-corrected chi connectivity index (χ3v) is 4.07. The maximum atomic E-state index is 8.00. The number of hydrazine groups is 3. The fourth-order valence-corrected chi connectivity index (χ4v) is 2.47. The Balaban J connectivity index is 0.000000159. The van der Waals surface area contributed by atoms with E-state index in [0.29, 0.717) is 45.5 Å². The molecule has 0 fully saturated rings. The first-order valence-corrected chi connectivity index (χ1v) is 9.22. The van der Waals surface area contributed by atoms with Crippen LogP contribution in [0.15, 0.2) is 0 Å². The van der Waals surface area contributed by atoms with Crippen molar-refractivity contribution >= 4 is 61.3 Å². The van der Waals surface area contributed by atoms with E-state index in [1.807, 2.05) is 6.79 Å². The molecule has 5 heterocycles. The van der Waals surface area contributed by atoms with Gasteiger partial charge >= 0.3 is 0 Å². The third kappa shape index (κ3) is 5.96. The molecule has 0 bridgehead atoms. The van der Waals surface area contributed by atoms with Gasteiger partial charge in [-0.05, 0) is 36.7 Å². The van der Waals surface area contributed by atoms with Crippen LogP contribution in [0.3, 0.4) is 0 Å². The number of nitrogens with two attached hydrogens (primary N) is 2. The van der Waals surface area contributed by atoms with Crippen LogP contribution >= 0.6 is 36.7 Å². The molecule has 22 heteroatoms. The number of carbonyl (C=O) groups is 1. The molecule has 0 unspecified atom stereocenters. The van der Waals surface area contributed by atoms with Crippen molar-refractivity contribution in [1.29, 1.82) is 0 Å². The summed E-state index contributed by atoms with van der Waals surface area (Å²) >= 11 is 14.4. The Bertz CT molecular complexity index is 1060. The second-order valence-electron chi connectivity index (χ2n) is 5.02. The monoisotopic (exact) mass is 492 g/mol. The molecule has 0 radical (unpaired) electrons. The van der Waals surface area contributed by atoms with E-state index in [1.54, 1.807) is 9.35 Å². The second kappa shape index (κ2) is 11.6. The molecule has 0 atom stereocenters. The van der Waals surface area contributed by atoms with Gasteiger partial charge in [-0.3, -0.25) is 16.3 Å². The number of nitrogen functional groups attached to an aromatic ring is 2. The summed E-state index contributed by atoms with van der Waals surface area (Å²) in [7, 11) is 0. The average molecular weight is 493 g/mol. The van der Waals surface area contributed by atoms with Crippen LogP contribution in [0.1, 0.15) is 0 Å². The van der Waals surface area contributed by atoms with Gasteiger partial charge in [-0.2, -0.15) is 9.35 Å². The molecular formula is C9H20N18OS3. The molecule has 0 saturated carbocycles. The number of hydrogen-bond acceptors (Lipinski definition) is 16. The lowest BCUT2D eigenvalue weighted by Gasteiger charge is -2.16. The van der Waals surface area contributed by atoms with Crippen molar-refractivity contribution in [2.75, 3.05) is 46.3 Å². The predicted octanol–water partition coefficient (Wildman–Crippen LogP) is -2.50. The van der Waals surface area contributed by atoms with E-state index in [0.717, 1.165) is 4.68 Å². The Morgan fingerprint density at radius 2 is 1.29 bits per heavy atom. The third-order valence-electron chi connectivity index (χ3n) is 3.23. The molecule has 0 amide bonds. The zero-order valence-electron chi connectivity index (χ0n) is 15.6. The molecule has 0 saturated heterocycles. The molecule has 170 valence electrons. The smallest absolute Gasteiger partial charge is 0.256 e. The zero-order valence-corrected chi connectivity index (χ0v) is 18.0. The SMILES string of the molecule is C=O.NNc1n[nH]c(=S)n1N.S=c1[nH]nc2n1NCNN2.S=c1[nH]nc2n1NCNN2. The molecule has 2 aliphatic rings. The van der Waals surface area contributed by atoms with Crippen molar-refractivity contribution in [3.8, 4) is 0 Å². The van der Waals surface area contributed by atoms with E-state index in [4.69, 9.17) is 40.9 Å². The van der Waals surface area contributed by atoms with Crippen molar-refractivity contribution in [2.45, 2.75) is 0 Å². The quantitative estimate of drug-likeness (QED) is 0.0951. The predicted molar refractivity (Wildman–Crippen MR) is 119 cm³/mol. The highest BCUT2D eigenvalue weighted by Gasteiger charge is 2.08. The minimum atomic E-state index is 0.306. The summed E-state index contributed by atoms with van der Waals surface area (Å²) in [4.78, 5) is 8.00. The molecule has 0 spiro atoms. The van der Waals surface area contributed by atoms with E-state index in [-0.39, 0.29) is 0 Å². The Hall–Kier alpha value is -3.57. The van der Waals surface area contributed by atoms with Gasteiger partial charge in [0.15, 0.2) is 0 Å². The minimum absolute atomic E-state index is 0.306. The van der Waals surface area contributed by atoms with Gasteiger partial charge in [-0.25, -0.2) is 36.7 Å². The van der Waals surface area contributed by atoms with Crippen LogP contribution in [-0.2, 0) is 4.79 Å². The van der Waals surface area contributed by atoms with Crippen molar-refractivity contribution in [3.63, 3.8) is 0 Å². The van der Waals surface area contributed by atoms with Crippen LogP contribution in [-0.4, -0.2) is 64.7 Å². The number of aromatic nitrogens is 9. The molecule has 14 N–H and O–H groups in total. The van der Waals surface area contributed by atoms with Gasteiger partial charge in [0.05, 0.1) is 13.3 Å². The lowest BCUT2D eigenvalue weighted by Crippen LogP contribution is -2.39. The fraction of sp³-hybridized carbons (Fsp3) is 0.222. The zero-order chi connectivity index (χ0) is 22.8. The summed E-state index contributed by atoms with van der Waals surface area (Å²) in [6.45, 7) is 3.25. The topological polar surface area (TPSA) is 254 Å². The Morgan fingerprint density at radius 3 is 1.61 bits per heavy atom. The fourth-order valence-electron chi connectivity index (χ4n) is 1.95. The highest BCUT2D eigenvalue weighted by molar-refractivity contribution is 7.71. The van der Waals surface area contributed by atoms with Crippen LogP contribution in [0, 0.1) is 14.3 Å². The Kier molecular flexibility index (Phi) is 8.85. The average Bonchev–Trinajstić information content (AvgIpc) is 3.49. The van der Waals surface area contributed by atoms with Gasteiger partial charge in [0, 0.05) is 0 Å². The van der Waals surface area contributed by atoms with E-state index in [1.165, 1.54) is 0 Å². The summed E-state index contributed by atoms with van der Waals surface area (Å²) < 4.78 is 5.89. The Labute approximate surface area is 188 Å². The summed E-state index contributed by atoms with van der Waals surface area (Å²) in [6, 6.07) is 0. The van der Waals surface area contributed by atoms with Crippen LogP contribution < -0.4 is 49.7 Å². The molecule has 0 aliphatic carbocycles. The summed E-state index contributed by atoms with van der Waals surface area (Å²) in [6.07, 6.45) is 0. The first-order valence-electron chi connectivity index (χ1n) is 7.99. The summed E-state index contributed by atoms with van der Waals surface area (Å²) in [5, 5.41) is 19.0. The van der Waals surface area contributed by atoms with Crippen molar-refractivity contribution in [2.24, 2.45) is 5.84 Å². The lowest BCUT2D eigenvalue weighted by atomic mass is 10.9. The number of anilines is 3. The number of hydrogen-bond donors (Lipinski definition) is 12. The molecule has 31 heavy (non-hydrogen) atoms. The summed E-state index contributed by atoms with van der Waals surface area (Å²) in [5.41, 5.74) is 19.5. The minimum Gasteiger partial charge on any atom is -0.334 e. The number of carbonyl (C=O) groups excluding carboxylic acids is 1. The number of rotatable bonds is 1. The summed E-state index contributed by atoms with van der Waals surface area (Å²) in [5.74, 6) is 11.9. The maximum absolute atomic E-state index is 8.00. The highest BCUT2D eigenvalue weighted by Crippen LogP contribution is 2.01. The van der Waals surface area contributed by atoms with Crippen molar-refractivity contribution in [3.05, 3.63) is 14.3 Å². The number of nitrogens with zero attached hydrogens (tertiary/aromatic N) is 6. The van der Waals surface area contributed by atoms with E-state index in [2.05, 4.69) is 80.8 Å². The standard InChI is InChI=1S/2C3H6N6S.C2H6N6S.CH2O/c2*10-3-8-7-2-6-4-1-5-9(2)3;3-5-1-6-7-2(9)8(1)4;1-2/h2*4-5H,1H2,(H,6,7)(H,8,10);3-4H2,(H,5,6)(H,7,9);1H2. The van der Waals surface area contributed by atoms with Crippen LogP contribution in [0.25, 0.3) is 0 Å². The van der Waals surface area contributed by atoms with Crippen LogP contribution in [0.5, 0.6) is 0 Å². The molecule has 5 rings (SSSR count). The maximum Gasteiger partial charge on any atom is 0.256 e. The number of aromatic amines is 3. The molecule has 19 nitrogen and oxygen atoms in total. The van der Waals surface area contributed by atoms with Crippen LogP contribution in [0.4, 0.5) is 17.8 Å². The van der Waals surface area contributed by atoms with Crippen LogP contribution in [0.2, 0.25) is 0 Å². The molecule has 3 aromatic heterocycles. The molecular weight excluding hydrogens is 472 g/mol. The van der Waals surface area contributed by atoms with Gasteiger partial charge in [-0.1, -0.05) is 0 Å². The van der Waals surface area contributed by atoms with Gasteiger partial charge in [0.2, 0.25) is 14.3 Å². The molecule has 0 aromatic carbocycles. The van der Waals surface area contributed by atoms with E-state index in [9.17, 15) is 0 Å². The van der Waals surface area contributed by atoms with Crippen molar-refractivity contribution < 1.29 is 4.79 Å². The first kappa shape index (κ1) is 23.7. The normalized spacial score (nSPS) is 12.7. The van der Waals surface area contributed by atoms with Gasteiger partial charge in [-0.15, -0.1) is 15.3 Å². The number of fused-ring (bicyclic) bond motifs is 2. The number of H-pyrrole nitrogens is 3. The molecule has 2 aliphatic heterocycles. The van der Waals surface area contributed by atoms with E-state index < -0.39 is 0 Å². The Morgan fingerprint density at radius 1 is 0.839 bits per heavy atom. The number of nitrogens with one attached hydrogen (secondary N) is 10. The van der Waals surface area contributed by atoms with Gasteiger partial charge in [0.1, 0.15) is 6.79 Å². The van der Waals surface area contributed by atoms with E-state index >= 15 is 0 Å². The second-order valence-corrected chi connectivity index (χ2v) is 6.18.